The van der Waals surface area contributed by atoms with Gasteiger partial charge in [0.25, 0.3) is 0 Å². The maximum absolute atomic E-state index is 11.7. The van der Waals surface area contributed by atoms with E-state index in [0.29, 0.717) is 19.3 Å². The van der Waals surface area contributed by atoms with Crippen LogP contribution < -0.4 is 5.73 Å². The fraction of sp³-hybridized carbons (Fsp3) is 1.00. The van der Waals surface area contributed by atoms with Gasteiger partial charge in [0.15, 0.2) is 0 Å². The predicted octanol–water partition coefficient (Wildman–Crippen LogP) is 0.620. The summed E-state index contributed by atoms with van der Waals surface area (Å²) in [6.07, 6.45) is 1.25. The summed E-state index contributed by atoms with van der Waals surface area (Å²) in [4.78, 5) is 0. The minimum Gasteiger partial charge on any atom is -0.393 e. The standard InChI is InChI=1S/C6H12FNO.ClH/c7-2-1-6(8)3-5(9)4-6;/h5,9H,1-4,8H2;1H. The number of aliphatic hydroxyl groups excluding tert-OH is 1. The molecule has 4 heteroatoms. The second-order valence-corrected chi connectivity index (χ2v) is 2.86. The monoisotopic (exact) mass is 169 g/mol. The molecule has 0 aromatic carbocycles. The molecule has 0 heterocycles. The van der Waals surface area contributed by atoms with Crippen molar-refractivity contribution in [2.45, 2.75) is 30.9 Å². The van der Waals surface area contributed by atoms with Crippen LogP contribution in [-0.4, -0.2) is 23.4 Å². The van der Waals surface area contributed by atoms with Gasteiger partial charge in [-0.15, -0.1) is 12.4 Å². The number of rotatable bonds is 2. The van der Waals surface area contributed by atoms with Crippen LogP contribution in [0.2, 0.25) is 0 Å². The lowest BCUT2D eigenvalue weighted by atomic mass is 9.73. The fourth-order valence-electron chi connectivity index (χ4n) is 1.27. The highest BCUT2D eigenvalue weighted by atomic mass is 35.5. The second-order valence-electron chi connectivity index (χ2n) is 2.86. The predicted molar refractivity (Wildman–Crippen MR) is 40.0 cm³/mol. The number of halogens is 2. The molecule has 62 valence electrons. The van der Waals surface area contributed by atoms with Gasteiger partial charge in [-0.3, -0.25) is 4.39 Å². The molecule has 0 saturated heterocycles. The van der Waals surface area contributed by atoms with Gasteiger partial charge in [0.1, 0.15) is 0 Å². The van der Waals surface area contributed by atoms with E-state index in [1.807, 2.05) is 0 Å². The topological polar surface area (TPSA) is 46.2 Å². The summed E-state index contributed by atoms with van der Waals surface area (Å²) in [5.74, 6) is 0. The molecule has 1 aliphatic carbocycles. The molecule has 0 aliphatic heterocycles. The summed E-state index contributed by atoms with van der Waals surface area (Å²) in [6.45, 7) is -0.372. The first-order valence-corrected chi connectivity index (χ1v) is 3.19. The van der Waals surface area contributed by atoms with Gasteiger partial charge in [0.2, 0.25) is 0 Å². The van der Waals surface area contributed by atoms with Crippen LogP contribution >= 0.6 is 12.4 Å². The number of hydrogen-bond acceptors (Lipinski definition) is 2. The Bertz CT molecular complexity index is 100. The molecule has 1 fully saturated rings. The van der Waals surface area contributed by atoms with Crippen molar-refractivity contribution in [1.29, 1.82) is 0 Å². The molecule has 0 spiro atoms. The molecule has 0 radical (unpaired) electrons. The number of alkyl halides is 1. The fourth-order valence-corrected chi connectivity index (χ4v) is 1.27. The molecule has 10 heavy (non-hydrogen) atoms. The molecule has 0 aromatic rings. The summed E-state index contributed by atoms with van der Waals surface area (Å²) in [6, 6.07) is 0. The summed E-state index contributed by atoms with van der Waals surface area (Å²) in [5, 5.41) is 8.81. The molecule has 0 unspecified atom stereocenters. The number of hydrogen-bond donors (Lipinski definition) is 2. The minimum atomic E-state index is -0.381. The van der Waals surface area contributed by atoms with Crippen LogP contribution in [0.25, 0.3) is 0 Å². The lowest BCUT2D eigenvalue weighted by Gasteiger charge is -2.41. The van der Waals surface area contributed by atoms with Crippen LogP contribution in [0.4, 0.5) is 4.39 Å². The average molecular weight is 170 g/mol. The van der Waals surface area contributed by atoms with Crippen LogP contribution in [0.1, 0.15) is 19.3 Å². The van der Waals surface area contributed by atoms with Crippen molar-refractivity contribution >= 4 is 12.4 Å². The molecule has 0 amide bonds. The zero-order valence-corrected chi connectivity index (χ0v) is 6.53. The molecule has 0 aromatic heterocycles. The zero-order chi connectivity index (χ0) is 6.91. The van der Waals surface area contributed by atoms with Crippen molar-refractivity contribution in [3.8, 4) is 0 Å². The Morgan fingerprint density at radius 3 is 2.40 bits per heavy atom. The third-order valence-electron chi connectivity index (χ3n) is 1.88. The van der Waals surface area contributed by atoms with E-state index in [2.05, 4.69) is 0 Å². The number of nitrogens with two attached hydrogens (primary N) is 1. The van der Waals surface area contributed by atoms with E-state index in [1.54, 1.807) is 0 Å². The van der Waals surface area contributed by atoms with Gasteiger partial charge >= 0.3 is 0 Å². The molecule has 3 N–H and O–H groups in total. The molecule has 0 atom stereocenters. The molecular weight excluding hydrogens is 157 g/mol. The van der Waals surface area contributed by atoms with Gasteiger partial charge in [-0.2, -0.15) is 0 Å². The van der Waals surface area contributed by atoms with Gasteiger partial charge in [0, 0.05) is 5.54 Å². The first-order valence-electron chi connectivity index (χ1n) is 3.19. The molecule has 1 rings (SSSR count). The van der Waals surface area contributed by atoms with E-state index in [0.717, 1.165) is 0 Å². The van der Waals surface area contributed by atoms with Crippen LogP contribution in [0.3, 0.4) is 0 Å². The van der Waals surface area contributed by atoms with Crippen LogP contribution in [0, 0.1) is 0 Å². The molecule has 0 bridgehead atoms. The van der Waals surface area contributed by atoms with Gasteiger partial charge in [0.05, 0.1) is 12.8 Å². The summed E-state index contributed by atoms with van der Waals surface area (Å²) in [7, 11) is 0. The van der Waals surface area contributed by atoms with Crippen molar-refractivity contribution in [2.24, 2.45) is 5.73 Å². The Hall–Kier alpha value is 0.140. The van der Waals surface area contributed by atoms with Gasteiger partial charge in [-0.25, -0.2) is 0 Å². The van der Waals surface area contributed by atoms with Crippen molar-refractivity contribution in [1.82, 2.24) is 0 Å². The molecule has 2 nitrogen and oxygen atoms in total. The largest absolute Gasteiger partial charge is 0.393 e. The Kier molecular flexibility index (Phi) is 3.56. The van der Waals surface area contributed by atoms with Crippen LogP contribution in [0.5, 0.6) is 0 Å². The highest BCUT2D eigenvalue weighted by Crippen LogP contribution is 2.32. The molecule has 1 saturated carbocycles. The van der Waals surface area contributed by atoms with Crippen molar-refractivity contribution in [3.05, 3.63) is 0 Å². The van der Waals surface area contributed by atoms with Crippen molar-refractivity contribution in [3.63, 3.8) is 0 Å². The highest BCUT2D eigenvalue weighted by Gasteiger charge is 2.39. The maximum atomic E-state index is 11.7. The van der Waals surface area contributed by atoms with Crippen LogP contribution in [0.15, 0.2) is 0 Å². The summed E-state index contributed by atoms with van der Waals surface area (Å²) < 4.78 is 11.7. The molecule has 1 aliphatic rings. The quantitative estimate of drug-likeness (QED) is 0.637. The van der Waals surface area contributed by atoms with Crippen molar-refractivity contribution < 1.29 is 9.50 Å². The Morgan fingerprint density at radius 2 is 2.10 bits per heavy atom. The van der Waals surface area contributed by atoms with E-state index < -0.39 is 0 Å². The summed E-state index contributed by atoms with van der Waals surface area (Å²) >= 11 is 0. The lowest BCUT2D eigenvalue weighted by molar-refractivity contribution is 0.0159. The van der Waals surface area contributed by atoms with Crippen LogP contribution in [-0.2, 0) is 0 Å². The first kappa shape index (κ1) is 10.1. The Labute approximate surface area is 66.0 Å². The normalized spacial score (nSPS) is 38.1. The smallest absolute Gasteiger partial charge is 0.0912 e. The van der Waals surface area contributed by atoms with E-state index in [9.17, 15) is 4.39 Å². The maximum Gasteiger partial charge on any atom is 0.0912 e. The van der Waals surface area contributed by atoms with E-state index in [-0.39, 0.29) is 30.7 Å². The minimum absolute atomic E-state index is 0. The average Bonchev–Trinajstić information content (AvgIpc) is 1.62. The third-order valence-corrected chi connectivity index (χ3v) is 1.88. The van der Waals surface area contributed by atoms with Gasteiger partial charge < -0.3 is 10.8 Å². The van der Waals surface area contributed by atoms with E-state index >= 15 is 0 Å². The third kappa shape index (κ3) is 2.08. The van der Waals surface area contributed by atoms with Gasteiger partial charge in [-0.1, -0.05) is 0 Å². The van der Waals surface area contributed by atoms with E-state index in [1.165, 1.54) is 0 Å². The molecular formula is C6H13ClFNO. The lowest BCUT2D eigenvalue weighted by Crippen LogP contribution is -2.54. The highest BCUT2D eigenvalue weighted by molar-refractivity contribution is 5.85. The van der Waals surface area contributed by atoms with Crippen molar-refractivity contribution in [2.75, 3.05) is 6.67 Å². The Morgan fingerprint density at radius 1 is 1.60 bits per heavy atom. The SMILES string of the molecule is Cl.NC1(CCF)CC(O)C1. The zero-order valence-electron chi connectivity index (χ0n) is 5.72. The first-order chi connectivity index (χ1) is 4.16. The number of aliphatic hydroxyl groups is 1. The second kappa shape index (κ2) is 3.51. The summed E-state index contributed by atoms with van der Waals surface area (Å²) in [5.41, 5.74) is 5.22. The van der Waals surface area contributed by atoms with Gasteiger partial charge in [-0.05, 0) is 19.3 Å². The Balaban J connectivity index is 0.000000810. The van der Waals surface area contributed by atoms with E-state index in [4.69, 9.17) is 10.8 Å².